The average molecular weight is 312 g/mol. The highest BCUT2D eigenvalue weighted by molar-refractivity contribution is 6.30. The molecule has 1 N–H and O–H groups in total. The Morgan fingerprint density at radius 3 is 2.86 bits per heavy atom. The van der Waals surface area contributed by atoms with Crippen LogP contribution in [0.3, 0.4) is 0 Å². The molecule has 1 aromatic carbocycles. The number of hydrogen-bond donors (Lipinski definition) is 1. The lowest BCUT2D eigenvalue weighted by atomic mass is 9.76. The van der Waals surface area contributed by atoms with Gasteiger partial charge in [0.05, 0.1) is 0 Å². The molecule has 3 rings (SSSR count). The summed E-state index contributed by atoms with van der Waals surface area (Å²) in [5, 5.41) is 10.3. The molecule has 116 valence electrons. The fraction of sp³-hybridized carbons (Fsp3) is 0.647. The van der Waals surface area contributed by atoms with E-state index in [4.69, 9.17) is 11.6 Å². The molecule has 0 aromatic heterocycles. The topological polar surface area (TPSA) is 23.5 Å². The fourth-order valence-electron chi connectivity index (χ4n) is 3.63. The summed E-state index contributed by atoms with van der Waals surface area (Å²) in [5.41, 5.74) is 0.724. The highest BCUT2D eigenvalue weighted by Crippen LogP contribution is 2.44. The number of halogens is 2. The van der Waals surface area contributed by atoms with E-state index in [9.17, 15) is 9.50 Å². The van der Waals surface area contributed by atoms with Crippen LogP contribution in [0.25, 0.3) is 0 Å². The summed E-state index contributed by atoms with van der Waals surface area (Å²) in [7, 11) is 0. The molecule has 1 saturated heterocycles. The molecular formula is C17H23ClFNO. The largest absolute Gasteiger partial charge is 0.396 e. The van der Waals surface area contributed by atoms with Crippen molar-refractivity contribution in [2.45, 2.75) is 38.6 Å². The Morgan fingerprint density at radius 1 is 1.38 bits per heavy atom. The number of nitrogens with zero attached hydrogens (tertiary/aromatic N) is 1. The van der Waals surface area contributed by atoms with Gasteiger partial charge in [-0.05, 0) is 43.9 Å². The van der Waals surface area contributed by atoms with Gasteiger partial charge in [0.25, 0.3) is 0 Å². The highest BCUT2D eigenvalue weighted by Gasteiger charge is 2.39. The standard InChI is InChI=1S/C17H23ClFNO/c18-15-5-4-14(16(19)8-15)10-20-7-1-6-17(11-20,12-21)9-13-2-3-13/h4-5,8,13,21H,1-3,6-7,9-12H2/t17-/m1/s1. The Kier molecular flexibility index (Phi) is 4.53. The van der Waals surface area contributed by atoms with Gasteiger partial charge in [-0.15, -0.1) is 0 Å². The van der Waals surface area contributed by atoms with Crippen LogP contribution in [0, 0.1) is 17.2 Å². The van der Waals surface area contributed by atoms with Gasteiger partial charge in [-0.3, -0.25) is 4.90 Å². The molecule has 2 nitrogen and oxygen atoms in total. The van der Waals surface area contributed by atoms with Crippen molar-refractivity contribution in [1.82, 2.24) is 4.90 Å². The van der Waals surface area contributed by atoms with Crippen molar-refractivity contribution in [3.05, 3.63) is 34.6 Å². The lowest BCUT2D eigenvalue weighted by molar-refractivity contribution is 0.0176. The first-order valence-corrected chi connectivity index (χ1v) is 8.25. The van der Waals surface area contributed by atoms with E-state index < -0.39 is 0 Å². The number of benzene rings is 1. The molecule has 1 aromatic rings. The van der Waals surface area contributed by atoms with Crippen LogP contribution in [0.1, 0.15) is 37.7 Å². The normalized spacial score (nSPS) is 27.0. The second-order valence-electron chi connectivity index (χ2n) is 6.86. The van der Waals surface area contributed by atoms with Crippen LogP contribution in [0.5, 0.6) is 0 Å². The molecule has 0 amide bonds. The Morgan fingerprint density at radius 2 is 2.19 bits per heavy atom. The number of piperidine rings is 1. The van der Waals surface area contributed by atoms with E-state index in [1.54, 1.807) is 12.1 Å². The van der Waals surface area contributed by atoms with Crippen molar-refractivity contribution in [1.29, 1.82) is 0 Å². The number of aliphatic hydroxyl groups is 1. The summed E-state index contributed by atoms with van der Waals surface area (Å²) in [6, 6.07) is 4.89. The minimum Gasteiger partial charge on any atom is -0.396 e. The molecule has 1 atom stereocenters. The van der Waals surface area contributed by atoms with Crippen molar-refractivity contribution in [3.8, 4) is 0 Å². The van der Waals surface area contributed by atoms with Gasteiger partial charge in [0, 0.05) is 35.7 Å². The summed E-state index contributed by atoms with van der Waals surface area (Å²) in [6.07, 6.45) is 5.94. The second-order valence-corrected chi connectivity index (χ2v) is 7.29. The van der Waals surface area contributed by atoms with Crippen LogP contribution < -0.4 is 0 Å². The second kappa shape index (κ2) is 6.23. The maximum atomic E-state index is 13.9. The SMILES string of the molecule is OC[C@@]1(CC2CC2)CCCN(Cc2ccc(Cl)cc2F)C1. The maximum absolute atomic E-state index is 13.9. The summed E-state index contributed by atoms with van der Waals surface area (Å²) in [4.78, 5) is 2.29. The predicted octanol–water partition coefficient (Wildman–Crippen LogP) is 3.85. The van der Waals surface area contributed by atoms with E-state index in [0.29, 0.717) is 17.1 Å². The zero-order chi connectivity index (χ0) is 14.9. The van der Waals surface area contributed by atoms with Crippen LogP contribution in [0.15, 0.2) is 18.2 Å². The number of likely N-dealkylation sites (tertiary alicyclic amines) is 1. The highest BCUT2D eigenvalue weighted by atomic mass is 35.5. The lowest BCUT2D eigenvalue weighted by Crippen LogP contribution is -2.45. The Bertz CT molecular complexity index is 506. The molecule has 2 fully saturated rings. The van der Waals surface area contributed by atoms with Crippen molar-refractivity contribution in [2.75, 3.05) is 19.7 Å². The molecule has 1 aliphatic carbocycles. The van der Waals surface area contributed by atoms with Crippen LogP contribution in [-0.4, -0.2) is 29.7 Å². The maximum Gasteiger partial charge on any atom is 0.129 e. The third-order valence-electron chi connectivity index (χ3n) is 4.90. The Hall–Kier alpha value is -0.640. The zero-order valence-corrected chi connectivity index (χ0v) is 13.1. The smallest absolute Gasteiger partial charge is 0.129 e. The van der Waals surface area contributed by atoms with Gasteiger partial charge in [0.15, 0.2) is 0 Å². The van der Waals surface area contributed by atoms with E-state index in [1.807, 2.05) is 0 Å². The molecule has 0 bridgehead atoms. The lowest BCUT2D eigenvalue weighted by Gasteiger charge is -2.42. The first-order chi connectivity index (χ1) is 10.1. The molecule has 1 aliphatic heterocycles. The van der Waals surface area contributed by atoms with Gasteiger partial charge in [0.2, 0.25) is 0 Å². The monoisotopic (exact) mass is 311 g/mol. The number of rotatable bonds is 5. The molecule has 1 saturated carbocycles. The van der Waals surface area contributed by atoms with E-state index in [1.165, 1.54) is 18.9 Å². The zero-order valence-electron chi connectivity index (χ0n) is 12.3. The molecule has 21 heavy (non-hydrogen) atoms. The number of hydrogen-bond acceptors (Lipinski definition) is 2. The molecule has 0 radical (unpaired) electrons. The summed E-state index contributed by atoms with van der Waals surface area (Å²) < 4.78 is 13.9. The molecule has 4 heteroatoms. The van der Waals surface area contributed by atoms with Crippen LogP contribution in [0.4, 0.5) is 4.39 Å². The van der Waals surface area contributed by atoms with Crippen LogP contribution in [0.2, 0.25) is 5.02 Å². The predicted molar refractivity (Wildman–Crippen MR) is 82.8 cm³/mol. The first-order valence-electron chi connectivity index (χ1n) is 7.87. The van der Waals surface area contributed by atoms with Crippen LogP contribution in [-0.2, 0) is 6.54 Å². The van der Waals surface area contributed by atoms with Gasteiger partial charge in [-0.1, -0.05) is 30.5 Å². The minimum atomic E-state index is -0.232. The summed E-state index contributed by atoms with van der Waals surface area (Å²) in [5.74, 6) is 0.578. The third kappa shape index (κ3) is 3.77. The molecule has 2 aliphatic rings. The average Bonchev–Trinajstić information content (AvgIpc) is 3.26. The van der Waals surface area contributed by atoms with Gasteiger partial charge in [0.1, 0.15) is 5.82 Å². The van der Waals surface area contributed by atoms with Gasteiger partial charge >= 0.3 is 0 Å². The van der Waals surface area contributed by atoms with E-state index in [0.717, 1.165) is 38.3 Å². The molecule has 0 unspecified atom stereocenters. The van der Waals surface area contributed by atoms with Crippen molar-refractivity contribution in [3.63, 3.8) is 0 Å². The van der Waals surface area contributed by atoms with Crippen molar-refractivity contribution < 1.29 is 9.50 Å². The van der Waals surface area contributed by atoms with Gasteiger partial charge in [-0.2, -0.15) is 0 Å². The van der Waals surface area contributed by atoms with E-state index in [-0.39, 0.29) is 17.8 Å². The Balaban J connectivity index is 1.67. The van der Waals surface area contributed by atoms with Crippen molar-refractivity contribution >= 4 is 11.6 Å². The number of aliphatic hydroxyl groups excluding tert-OH is 1. The summed E-state index contributed by atoms with van der Waals surface area (Å²) >= 11 is 5.81. The van der Waals surface area contributed by atoms with Crippen LogP contribution >= 0.6 is 11.6 Å². The van der Waals surface area contributed by atoms with Gasteiger partial charge < -0.3 is 5.11 Å². The molecular weight excluding hydrogens is 289 g/mol. The quantitative estimate of drug-likeness (QED) is 0.892. The molecule has 1 heterocycles. The fourth-order valence-corrected chi connectivity index (χ4v) is 3.79. The first kappa shape index (κ1) is 15.3. The van der Waals surface area contributed by atoms with Crippen molar-refractivity contribution in [2.24, 2.45) is 11.3 Å². The van der Waals surface area contributed by atoms with E-state index in [2.05, 4.69) is 4.90 Å². The Labute approximate surface area is 130 Å². The minimum absolute atomic E-state index is 0.0301. The van der Waals surface area contributed by atoms with E-state index >= 15 is 0 Å². The van der Waals surface area contributed by atoms with Gasteiger partial charge in [-0.25, -0.2) is 4.39 Å². The third-order valence-corrected chi connectivity index (χ3v) is 5.14. The summed E-state index contributed by atoms with van der Waals surface area (Å²) in [6.45, 7) is 2.72. The molecule has 0 spiro atoms.